The molecule has 10 N–H and O–H groups in total. The van der Waals surface area contributed by atoms with Gasteiger partial charge >= 0.3 is 36.6 Å². The van der Waals surface area contributed by atoms with Crippen LogP contribution >= 0.6 is 0 Å². The number of unbranched alkanes of at least 4 members (excludes halogenated alkanes) is 3. The lowest BCUT2D eigenvalue weighted by atomic mass is 9.86. The second-order valence-electron chi connectivity index (χ2n) is 29.0. The van der Waals surface area contributed by atoms with Crippen LogP contribution in [0.25, 0.3) is 0 Å². The van der Waals surface area contributed by atoms with Crippen molar-refractivity contribution >= 4 is 60.3 Å². The van der Waals surface area contributed by atoms with Gasteiger partial charge in [0.2, 0.25) is 23.7 Å². The predicted molar refractivity (Wildman–Crippen MR) is 358 cm³/mol. The predicted octanol–water partition coefficient (Wildman–Crippen LogP) is 9.48. The van der Waals surface area contributed by atoms with Crippen molar-refractivity contribution in [3.63, 3.8) is 0 Å². The molecule has 1 aliphatic carbocycles. The molecular formula is C66H116N12O15. The molecule has 0 fully saturated rings. The Morgan fingerprint density at radius 2 is 0.828 bits per heavy atom. The fourth-order valence-corrected chi connectivity index (χ4v) is 9.19. The van der Waals surface area contributed by atoms with Gasteiger partial charge in [0.15, 0.2) is 0 Å². The Labute approximate surface area is 553 Å². The minimum absolute atomic E-state index is 0.118. The molecule has 0 radical (unpaired) electrons. The summed E-state index contributed by atoms with van der Waals surface area (Å²) in [6, 6.07) is 2.30. The maximum Gasteiger partial charge on any atom is 0.414 e. The van der Waals surface area contributed by atoms with Gasteiger partial charge in [-0.3, -0.25) is 45.7 Å². The summed E-state index contributed by atoms with van der Waals surface area (Å²) in [4.78, 5) is 116. The average molecular weight is 1320 g/mol. The molecule has 0 aromatic heterocycles. The molecule has 1 aromatic rings. The van der Waals surface area contributed by atoms with Crippen LogP contribution in [0.1, 0.15) is 218 Å². The zero-order valence-corrected chi connectivity index (χ0v) is 59.3. The smallest absolute Gasteiger partial charge is 0.414 e. The molecule has 8 amide bonds. The van der Waals surface area contributed by atoms with E-state index in [1.165, 1.54) is 16.7 Å². The molecule has 0 saturated carbocycles. The summed E-state index contributed by atoms with van der Waals surface area (Å²) >= 11 is 0. The first kappa shape index (κ1) is 81.9. The number of carbonyl (C=O) groups is 8. The summed E-state index contributed by atoms with van der Waals surface area (Å²) in [5.41, 5.74) is 4.86. The molecular weight excluding hydrogens is 1200 g/mol. The fourth-order valence-electron chi connectivity index (χ4n) is 9.19. The van der Waals surface area contributed by atoms with Crippen LogP contribution in [0.5, 0.6) is 5.75 Å². The SMILES string of the molecule is CC(C)(C)OC(=O)NC(=NCCCC[C@@H](NC(=O)OC(C)(C)C)C(=O)NCCCN(CCCNC(=O)[C@@H](CCCCN=C(NC(=O)OC(C)(C)C)NC(=O)OC(C)(C)C)NC(=O)OC(C)(C)C)CCOc1ccc(CCCCN)c2c1CCCC2)NC(=O)OC(C)(C)C. The van der Waals surface area contributed by atoms with E-state index in [0.717, 1.165) is 50.7 Å². The lowest BCUT2D eigenvalue weighted by Gasteiger charge is -2.26. The molecule has 0 bridgehead atoms. The summed E-state index contributed by atoms with van der Waals surface area (Å²) in [5, 5.41) is 21.3. The number of nitrogens with zero attached hydrogens (tertiary/aromatic N) is 3. The van der Waals surface area contributed by atoms with E-state index < -0.39 is 94.1 Å². The van der Waals surface area contributed by atoms with Gasteiger partial charge in [-0.15, -0.1) is 0 Å². The summed E-state index contributed by atoms with van der Waals surface area (Å²) in [7, 11) is 0. The van der Waals surface area contributed by atoms with Gasteiger partial charge in [-0.05, 0) is 263 Å². The number of nitrogens with one attached hydrogen (secondary N) is 8. The standard InChI is InChI=1S/C66H116N12O15/c1-61(2,3)88-55(81)72-48(32-22-25-37-70-53(74-57(83)90-63(7,8)9)75-58(84)91-64(10,11)12)51(79)68-39-27-41-78(43-44-87-50-35-34-45(29-21-24-36-67)46-30-19-20-31-47(46)50)42-28-40-69-52(80)49(73-56(82)89-62(4,5)6)33-23-26-38-71-54(76-59(85)92-65(13,14)15)77-60(86)93-66(16,17)18/h34-35,48-49H,19-33,36-44,67H2,1-18H3,(H,68,79)(H,69,80)(H,72,81)(H,73,82)(H2,70,74,75,83,84)(H2,71,76,77,85,86)/t48-,49-/m1/s1. The van der Waals surface area contributed by atoms with Crippen LogP contribution in [-0.4, -0.2) is 170 Å². The van der Waals surface area contributed by atoms with Gasteiger partial charge in [0.25, 0.3) is 0 Å². The van der Waals surface area contributed by atoms with E-state index in [4.69, 9.17) is 38.9 Å². The molecule has 0 saturated heterocycles. The lowest BCUT2D eigenvalue weighted by Crippen LogP contribution is -2.49. The van der Waals surface area contributed by atoms with Crippen molar-refractivity contribution in [2.24, 2.45) is 15.7 Å². The Morgan fingerprint density at radius 3 is 1.19 bits per heavy atom. The van der Waals surface area contributed by atoms with Crippen LogP contribution in [0.2, 0.25) is 0 Å². The molecule has 27 nitrogen and oxygen atoms in total. The molecule has 0 aliphatic heterocycles. The molecule has 27 heteroatoms. The first-order valence-electron chi connectivity index (χ1n) is 32.9. The number of carbonyl (C=O) groups excluding carboxylic acids is 8. The van der Waals surface area contributed by atoms with E-state index >= 15 is 0 Å². The number of hydrogen-bond donors (Lipinski definition) is 9. The van der Waals surface area contributed by atoms with Gasteiger partial charge in [0, 0.05) is 32.7 Å². The van der Waals surface area contributed by atoms with E-state index in [9.17, 15) is 38.4 Å². The van der Waals surface area contributed by atoms with Crippen molar-refractivity contribution in [1.29, 1.82) is 0 Å². The molecule has 2 rings (SSSR count). The van der Waals surface area contributed by atoms with Gasteiger partial charge < -0.3 is 60.2 Å². The third-order valence-corrected chi connectivity index (χ3v) is 12.9. The van der Waals surface area contributed by atoms with E-state index in [0.29, 0.717) is 71.3 Å². The van der Waals surface area contributed by atoms with Gasteiger partial charge in [-0.1, -0.05) is 6.07 Å². The highest BCUT2D eigenvalue weighted by Crippen LogP contribution is 2.33. The summed E-state index contributed by atoms with van der Waals surface area (Å²) in [6.07, 6.45) is 5.28. The molecule has 0 unspecified atom stereocenters. The van der Waals surface area contributed by atoms with Crippen molar-refractivity contribution in [2.45, 2.75) is 267 Å². The van der Waals surface area contributed by atoms with Gasteiger partial charge in [0.05, 0.1) is 0 Å². The number of rotatable bonds is 30. The van der Waals surface area contributed by atoms with E-state index in [1.807, 2.05) is 0 Å². The molecule has 530 valence electrons. The number of benzene rings is 1. The van der Waals surface area contributed by atoms with Crippen LogP contribution in [0.15, 0.2) is 22.1 Å². The molecule has 93 heavy (non-hydrogen) atoms. The van der Waals surface area contributed by atoms with Crippen molar-refractivity contribution < 1.29 is 71.5 Å². The maximum atomic E-state index is 13.9. The Bertz CT molecular complexity index is 2410. The third kappa shape index (κ3) is 40.5. The lowest BCUT2D eigenvalue weighted by molar-refractivity contribution is -0.124. The van der Waals surface area contributed by atoms with Crippen LogP contribution in [-0.2, 0) is 57.3 Å². The number of nitrogens with two attached hydrogens (primary N) is 1. The van der Waals surface area contributed by atoms with Crippen LogP contribution < -0.4 is 53.0 Å². The highest BCUT2D eigenvalue weighted by Gasteiger charge is 2.28. The summed E-state index contributed by atoms with van der Waals surface area (Å²) in [6.45, 7) is 34.1. The van der Waals surface area contributed by atoms with Crippen molar-refractivity contribution in [3.8, 4) is 5.75 Å². The van der Waals surface area contributed by atoms with Crippen molar-refractivity contribution in [3.05, 3.63) is 28.8 Å². The monoisotopic (exact) mass is 1320 g/mol. The molecule has 1 aromatic carbocycles. The van der Waals surface area contributed by atoms with Crippen LogP contribution in [0.4, 0.5) is 28.8 Å². The van der Waals surface area contributed by atoms with Crippen LogP contribution in [0.3, 0.4) is 0 Å². The first-order chi connectivity index (χ1) is 43.1. The van der Waals surface area contributed by atoms with Gasteiger partial charge in [0.1, 0.15) is 58.0 Å². The van der Waals surface area contributed by atoms with E-state index in [1.54, 1.807) is 125 Å². The summed E-state index contributed by atoms with van der Waals surface area (Å²) < 4.78 is 39.0. The number of aryl methyl sites for hydroxylation is 1. The highest BCUT2D eigenvalue weighted by atomic mass is 16.6. The number of aliphatic imine (C=N–C) groups is 2. The van der Waals surface area contributed by atoms with Gasteiger partial charge in [-0.25, -0.2) is 28.8 Å². The van der Waals surface area contributed by atoms with E-state index in [-0.39, 0.29) is 50.9 Å². The van der Waals surface area contributed by atoms with Crippen LogP contribution in [0, 0.1) is 0 Å². The Morgan fingerprint density at radius 1 is 0.462 bits per heavy atom. The van der Waals surface area contributed by atoms with Crippen molar-refractivity contribution in [2.75, 3.05) is 59.0 Å². The third-order valence-electron chi connectivity index (χ3n) is 12.9. The normalized spacial score (nSPS) is 13.3. The molecule has 0 heterocycles. The maximum absolute atomic E-state index is 13.9. The first-order valence-corrected chi connectivity index (χ1v) is 32.9. The molecule has 1 aliphatic rings. The quantitative estimate of drug-likeness (QED) is 0.0150. The van der Waals surface area contributed by atoms with Gasteiger partial charge in [-0.2, -0.15) is 0 Å². The zero-order chi connectivity index (χ0) is 70.2. The zero-order valence-electron chi connectivity index (χ0n) is 59.3. The second-order valence-corrected chi connectivity index (χ2v) is 29.0. The second kappa shape index (κ2) is 39.5. The number of amides is 8. The number of ether oxygens (including phenoxy) is 7. The van der Waals surface area contributed by atoms with Crippen molar-refractivity contribution in [1.82, 2.24) is 47.4 Å². The number of hydrogen-bond acceptors (Lipinski definition) is 19. The highest BCUT2D eigenvalue weighted by molar-refractivity contribution is 6.02. The molecule has 2 atom stereocenters. The minimum atomic E-state index is -0.981. The fraction of sp³-hybridized carbons (Fsp3) is 0.758. The Hall–Kier alpha value is -7.16. The largest absolute Gasteiger partial charge is 0.492 e. The average Bonchev–Trinajstić information content (AvgIpc) is 0.811. The minimum Gasteiger partial charge on any atom is -0.492 e. The number of alkyl carbamates (subject to hydrolysis) is 6. The Balaban J connectivity index is 2.30. The topological polar surface area (TPSA) is 351 Å². The summed E-state index contributed by atoms with van der Waals surface area (Å²) in [5.74, 6) is -0.325. The number of guanidine groups is 2. The Kier molecular flexibility index (Phi) is 34.8. The molecule has 0 spiro atoms. The van der Waals surface area contributed by atoms with E-state index in [2.05, 4.69) is 69.6 Å². The number of fused-ring (bicyclic) bond motifs is 1.